The highest BCUT2D eigenvalue weighted by atomic mass is 32.1. The van der Waals surface area contributed by atoms with Gasteiger partial charge in [0, 0.05) is 21.2 Å². The first-order valence-corrected chi connectivity index (χ1v) is 8.16. The first-order chi connectivity index (χ1) is 10.1. The topological polar surface area (TPSA) is 68.0 Å². The third kappa shape index (κ3) is 2.64. The number of aryl methyl sites for hydroxylation is 2. The second-order valence-corrected chi connectivity index (χ2v) is 7.16. The lowest BCUT2D eigenvalue weighted by molar-refractivity contribution is 0.0956. The van der Waals surface area contributed by atoms with E-state index in [4.69, 9.17) is 5.73 Å². The number of thiazole rings is 1. The monoisotopic (exact) mass is 317 g/mol. The van der Waals surface area contributed by atoms with Crippen LogP contribution in [0.15, 0.2) is 24.4 Å². The van der Waals surface area contributed by atoms with Gasteiger partial charge in [0.05, 0.1) is 17.2 Å². The highest BCUT2D eigenvalue weighted by Crippen LogP contribution is 2.35. The fourth-order valence-corrected chi connectivity index (χ4v) is 4.02. The van der Waals surface area contributed by atoms with Crippen molar-refractivity contribution < 1.29 is 4.79 Å². The van der Waals surface area contributed by atoms with Crippen molar-refractivity contribution in [1.29, 1.82) is 0 Å². The van der Waals surface area contributed by atoms with Gasteiger partial charge in [0.2, 0.25) is 0 Å². The number of nitrogen functional groups attached to an aromatic ring is 1. The van der Waals surface area contributed by atoms with Gasteiger partial charge in [-0.15, -0.1) is 22.7 Å². The van der Waals surface area contributed by atoms with Gasteiger partial charge < -0.3 is 11.1 Å². The van der Waals surface area contributed by atoms with Crippen LogP contribution in [0.4, 0.5) is 5.69 Å². The summed E-state index contributed by atoms with van der Waals surface area (Å²) in [5, 5.41) is 4.87. The van der Waals surface area contributed by atoms with Crippen molar-refractivity contribution in [2.75, 3.05) is 5.73 Å². The molecule has 0 saturated heterocycles. The number of fused-ring (bicyclic) bond motifs is 1. The number of thiophene rings is 1. The van der Waals surface area contributed by atoms with Crippen LogP contribution >= 0.6 is 22.7 Å². The third-order valence-electron chi connectivity index (χ3n) is 3.25. The van der Waals surface area contributed by atoms with E-state index in [0.29, 0.717) is 17.1 Å². The van der Waals surface area contributed by atoms with Gasteiger partial charge in [-0.1, -0.05) is 18.2 Å². The molecule has 0 fully saturated rings. The Morgan fingerprint density at radius 1 is 1.33 bits per heavy atom. The summed E-state index contributed by atoms with van der Waals surface area (Å²) in [6.45, 7) is 4.46. The minimum Gasteiger partial charge on any atom is -0.397 e. The molecule has 0 aliphatic heterocycles. The maximum atomic E-state index is 12.3. The van der Waals surface area contributed by atoms with E-state index >= 15 is 0 Å². The number of hydrogen-bond acceptors (Lipinski definition) is 5. The molecule has 0 bridgehead atoms. The number of aromatic nitrogens is 1. The van der Waals surface area contributed by atoms with Gasteiger partial charge in [-0.05, 0) is 19.4 Å². The molecule has 0 aliphatic carbocycles. The van der Waals surface area contributed by atoms with Crippen molar-refractivity contribution >= 4 is 44.4 Å². The molecule has 0 aliphatic rings. The molecule has 108 valence electrons. The first-order valence-electron chi connectivity index (χ1n) is 6.53. The van der Waals surface area contributed by atoms with Gasteiger partial charge in [0.1, 0.15) is 4.88 Å². The maximum Gasteiger partial charge on any atom is 0.263 e. The van der Waals surface area contributed by atoms with Crippen LogP contribution in [0.2, 0.25) is 0 Å². The minimum absolute atomic E-state index is 0.126. The number of nitrogens with two attached hydrogens (primary N) is 1. The zero-order valence-electron chi connectivity index (χ0n) is 11.8. The fourth-order valence-electron chi connectivity index (χ4n) is 2.18. The number of carbonyl (C=O) groups excluding carboxylic acids is 1. The van der Waals surface area contributed by atoms with E-state index in [2.05, 4.69) is 10.3 Å². The number of anilines is 1. The average molecular weight is 317 g/mol. The van der Waals surface area contributed by atoms with E-state index < -0.39 is 0 Å². The molecule has 0 saturated carbocycles. The van der Waals surface area contributed by atoms with E-state index in [-0.39, 0.29) is 5.91 Å². The van der Waals surface area contributed by atoms with Crippen LogP contribution in [0.25, 0.3) is 10.1 Å². The molecular weight excluding hydrogens is 302 g/mol. The maximum absolute atomic E-state index is 12.3. The first kappa shape index (κ1) is 14.0. The molecule has 0 atom stereocenters. The molecule has 0 unspecified atom stereocenters. The summed E-state index contributed by atoms with van der Waals surface area (Å²) in [5.74, 6) is -0.126. The van der Waals surface area contributed by atoms with Gasteiger partial charge >= 0.3 is 0 Å². The molecule has 1 amide bonds. The molecule has 6 heteroatoms. The van der Waals surface area contributed by atoms with E-state index in [9.17, 15) is 4.79 Å². The van der Waals surface area contributed by atoms with Gasteiger partial charge in [0.25, 0.3) is 5.91 Å². The second-order valence-electron chi connectivity index (χ2n) is 4.82. The number of rotatable bonds is 3. The quantitative estimate of drug-likeness (QED) is 0.777. The Morgan fingerprint density at radius 3 is 2.81 bits per heavy atom. The van der Waals surface area contributed by atoms with E-state index in [0.717, 1.165) is 25.5 Å². The van der Waals surface area contributed by atoms with Gasteiger partial charge in [-0.2, -0.15) is 0 Å². The molecule has 4 nitrogen and oxygen atoms in total. The molecule has 1 aromatic carbocycles. The summed E-state index contributed by atoms with van der Waals surface area (Å²) >= 11 is 3.03. The molecule has 21 heavy (non-hydrogen) atoms. The molecule has 2 aromatic heterocycles. The summed E-state index contributed by atoms with van der Waals surface area (Å²) in [4.78, 5) is 18.1. The highest BCUT2D eigenvalue weighted by Gasteiger charge is 2.17. The molecule has 0 spiro atoms. The summed E-state index contributed by atoms with van der Waals surface area (Å²) in [6, 6.07) is 5.94. The number of hydrogen-bond donors (Lipinski definition) is 2. The number of amides is 1. The highest BCUT2D eigenvalue weighted by molar-refractivity contribution is 7.21. The van der Waals surface area contributed by atoms with Crippen molar-refractivity contribution in [3.8, 4) is 0 Å². The largest absolute Gasteiger partial charge is 0.397 e. The fraction of sp³-hybridized carbons (Fsp3) is 0.200. The Balaban J connectivity index is 1.84. The normalized spacial score (nSPS) is 11.0. The van der Waals surface area contributed by atoms with Crippen LogP contribution in [0, 0.1) is 13.8 Å². The van der Waals surface area contributed by atoms with Crippen molar-refractivity contribution in [3.05, 3.63) is 44.7 Å². The lowest BCUT2D eigenvalue weighted by Gasteiger charge is -2.02. The minimum atomic E-state index is -0.126. The average Bonchev–Trinajstić information content (AvgIpc) is 3.02. The number of nitrogens with zero attached hydrogens (tertiary/aromatic N) is 1. The zero-order chi connectivity index (χ0) is 15.0. The molecule has 2 heterocycles. The van der Waals surface area contributed by atoms with Crippen LogP contribution in [0.3, 0.4) is 0 Å². The van der Waals surface area contributed by atoms with Crippen molar-refractivity contribution in [2.24, 2.45) is 0 Å². The van der Waals surface area contributed by atoms with Crippen LogP contribution in [-0.2, 0) is 6.54 Å². The standard InChI is InChI=1S/C15H15N3OS2/c1-8-4-3-5-11-12(16)14(21-13(8)11)15(19)18-7-10-6-17-9(2)20-10/h3-6H,7,16H2,1-2H3,(H,18,19). The summed E-state index contributed by atoms with van der Waals surface area (Å²) in [5.41, 5.74) is 7.83. The predicted molar refractivity (Wildman–Crippen MR) is 89.0 cm³/mol. The van der Waals surface area contributed by atoms with Crippen LogP contribution < -0.4 is 11.1 Å². The van der Waals surface area contributed by atoms with Gasteiger partial charge in [-0.25, -0.2) is 4.98 Å². The Labute approximate surface area is 130 Å². The van der Waals surface area contributed by atoms with Crippen LogP contribution in [-0.4, -0.2) is 10.9 Å². The number of benzene rings is 1. The van der Waals surface area contributed by atoms with E-state index in [1.165, 1.54) is 11.3 Å². The number of carbonyl (C=O) groups is 1. The van der Waals surface area contributed by atoms with Crippen molar-refractivity contribution in [2.45, 2.75) is 20.4 Å². The zero-order valence-corrected chi connectivity index (χ0v) is 13.4. The van der Waals surface area contributed by atoms with Crippen molar-refractivity contribution in [3.63, 3.8) is 0 Å². The summed E-state index contributed by atoms with van der Waals surface area (Å²) < 4.78 is 1.08. The Hall–Kier alpha value is -1.92. The molecule has 3 aromatic rings. The summed E-state index contributed by atoms with van der Waals surface area (Å²) in [6.07, 6.45) is 1.79. The lowest BCUT2D eigenvalue weighted by atomic mass is 10.1. The van der Waals surface area contributed by atoms with Crippen LogP contribution in [0.5, 0.6) is 0 Å². The third-order valence-corrected chi connectivity index (χ3v) is 5.52. The summed E-state index contributed by atoms with van der Waals surface area (Å²) in [7, 11) is 0. The van der Waals surface area contributed by atoms with Crippen molar-refractivity contribution in [1.82, 2.24) is 10.3 Å². The molecular formula is C15H15N3OS2. The SMILES string of the molecule is Cc1ncc(CNC(=O)c2sc3c(C)cccc3c2N)s1. The van der Waals surface area contributed by atoms with Gasteiger partial charge in [-0.3, -0.25) is 4.79 Å². The second kappa shape index (κ2) is 5.46. The van der Waals surface area contributed by atoms with Crippen LogP contribution in [0.1, 0.15) is 25.1 Å². The lowest BCUT2D eigenvalue weighted by Crippen LogP contribution is -2.22. The Morgan fingerprint density at radius 2 is 2.14 bits per heavy atom. The molecule has 0 radical (unpaired) electrons. The predicted octanol–water partition coefficient (Wildman–Crippen LogP) is 3.49. The Kier molecular flexibility index (Phi) is 3.65. The number of nitrogens with one attached hydrogen (secondary N) is 1. The van der Waals surface area contributed by atoms with E-state index in [1.54, 1.807) is 17.5 Å². The smallest absolute Gasteiger partial charge is 0.263 e. The molecule has 3 rings (SSSR count). The van der Waals surface area contributed by atoms with E-state index in [1.807, 2.05) is 32.0 Å². The van der Waals surface area contributed by atoms with Gasteiger partial charge in [0.15, 0.2) is 0 Å². The molecule has 3 N–H and O–H groups in total. The Bertz CT molecular complexity index is 820.